The van der Waals surface area contributed by atoms with Crippen LogP contribution in [-0.2, 0) is 9.53 Å². The van der Waals surface area contributed by atoms with E-state index in [4.69, 9.17) is 9.47 Å². The first kappa shape index (κ1) is 19.1. The van der Waals surface area contributed by atoms with Gasteiger partial charge in [0.2, 0.25) is 0 Å². The first-order valence-electron chi connectivity index (χ1n) is 11.0. The maximum Gasteiger partial charge on any atom is 0.289 e. The summed E-state index contributed by atoms with van der Waals surface area (Å²) in [5.74, 6) is 1.90. The minimum Gasteiger partial charge on any atom is -0.452 e. The van der Waals surface area contributed by atoms with Crippen molar-refractivity contribution in [1.29, 1.82) is 0 Å². The standard InChI is InChI=1S/C23H30N2O4/c26-19-7-9-24(15-19)11-12-28-21-13-18(14-21)25-10-8-22(23(25)27)29-20-5-3-17(4-6-20)16-1-2-16/h3-6,8,16,18-19,21,26H,1-2,7,9-15H2/t18-,19-,21+/m1/s1. The first-order valence-corrected chi connectivity index (χ1v) is 11.0. The summed E-state index contributed by atoms with van der Waals surface area (Å²) >= 11 is 0. The van der Waals surface area contributed by atoms with Crippen LogP contribution in [0.4, 0.5) is 0 Å². The van der Waals surface area contributed by atoms with Crippen LogP contribution in [0.5, 0.6) is 5.75 Å². The van der Waals surface area contributed by atoms with Gasteiger partial charge in [-0.2, -0.15) is 0 Å². The molecule has 0 aromatic heterocycles. The summed E-state index contributed by atoms with van der Waals surface area (Å²) in [7, 11) is 0. The van der Waals surface area contributed by atoms with Gasteiger partial charge < -0.3 is 19.5 Å². The second kappa shape index (κ2) is 8.09. The van der Waals surface area contributed by atoms with Gasteiger partial charge in [0.05, 0.1) is 18.8 Å². The van der Waals surface area contributed by atoms with Crippen LogP contribution in [0.25, 0.3) is 0 Å². The van der Waals surface area contributed by atoms with Crippen molar-refractivity contribution in [3.8, 4) is 5.75 Å². The molecule has 5 rings (SSSR count). The number of amides is 1. The Hall–Kier alpha value is -1.89. The maximum atomic E-state index is 12.7. The molecule has 29 heavy (non-hydrogen) atoms. The number of hydrogen-bond acceptors (Lipinski definition) is 5. The van der Waals surface area contributed by atoms with Crippen molar-refractivity contribution in [3.05, 3.63) is 41.7 Å². The van der Waals surface area contributed by atoms with Gasteiger partial charge in [0.15, 0.2) is 5.76 Å². The van der Waals surface area contributed by atoms with Crippen LogP contribution in [0.15, 0.2) is 36.1 Å². The number of hydrogen-bond donors (Lipinski definition) is 1. The van der Waals surface area contributed by atoms with Gasteiger partial charge in [-0.15, -0.1) is 0 Å². The molecule has 0 bridgehead atoms. The van der Waals surface area contributed by atoms with E-state index >= 15 is 0 Å². The van der Waals surface area contributed by atoms with Crippen LogP contribution in [0, 0.1) is 0 Å². The molecule has 3 fully saturated rings. The maximum absolute atomic E-state index is 12.7. The van der Waals surface area contributed by atoms with E-state index in [-0.39, 0.29) is 24.2 Å². The molecule has 1 aromatic rings. The smallest absolute Gasteiger partial charge is 0.289 e. The van der Waals surface area contributed by atoms with Crippen molar-refractivity contribution in [1.82, 2.24) is 9.80 Å². The van der Waals surface area contributed by atoms with Gasteiger partial charge in [-0.1, -0.05) is 12.1 Å². The van der Waals surface area contributed by atoms with Gasteiger partial charge in [0.1, 0.15) is 5.75 Å². The molecule has 0 radical (unpaired) electrons. The minimum atomic E-state index is -0.177. The number of likely N-dealkylation sites (tertiary alicyclic amines) is 1. The third-order valence-corrected chi connectivity index (χ3v) is 6.62. The summed E-state index contributed by atoms with van der Waals surface area (Å²) < 4.78 is 11.8. The third-order valence-electron chi connectivity index (χ3n) is 6.62. The third kappa shape index (κ3) is 4.34. The molecular formula is C23H30N2O4. The lowest BCUT2D eigenvalue weighted by atomic mass is 9.88. The Morgan fingerprint density at radius 3 is 2.59 bits per heavy atom. The predicted octanol–water partition coefficient (Wildman–Crippen LogP) is 2.28. The zero-order valence-electron chi connectivity index (χ0n) is 16.8. The zero-order valence-corrected chi connectivity index (χ0v) is 16.8. The van der Waals surface area contributed by atoms with Crippen molar-refractivity contribution < 1.29 is 19.4 Å². The van der Waals surface area contributed by atoms with Crippen molar-refractivity contribution in [3.63, 3.8) is 0 Å². The molecule has 0 unspecified atom stereocenters. The van der Waals surface area contributed by atoms with Crippen LogP contribution >= 0.6 is 0 Å². The topological polar surface area (TPSA) is 62.2 Å². The summed E-state index contributed by atoms with van der Waals surface area (Å²) in [4.78, 5) is 16.9. The molecule has 2 heterocycles. The van der Waals surface area contributed by atoms with E-state index in [1.807, 2.05) is 23.1 Å². The number of ether oxygens (including phenoxy) is 2. The number of aliphatic hydroxyl groups is 1. The highest BCUT2D eigenvalue weighted by atomic mass is 16.5. The first-order chi connectivity index (χ1) is 14.2. The van der Waals surface area contributed by atoms with Crippen LogP contribution in [0.1, 0.15) is 43.6 Å². The molecule has 6 heteroatoms. The molecule has 6 nitrogen and oxygen atoms in total. The van der Waals surface area contributed by atoms with Crippen LogP contribution in [0.2, 0.25) is 0 Å². The van der Waals surface area contributed by atoms with E-state index in [0.717, 1.165) is 50.6 Å². The molecule has 156 valence electrons. The van der Waals surface area contributed by atoms with E-state index < -0.39 is 0 Å². The molecule has 2 aliphatic heterocycles. The Balaban J connectivity index is 1.03. The zero-order chi connectivity index (χ0) is 19.8. The molecule has 1 amide bonds. The average molecular weight is 399 g/mol. The van der Waals surface area contributed by atoms with Gasteiger partial charge in [0, 0.05) is 32.2 Å². The summed E-state index contributed by atoms with van der Waals surface area (Å²) in [6.07, 6.45) is 7.18. The van der Waals surface area contributed by atoms with E-state index in [1.54, 1.807) is 0 Å². The van der Waals surface area contributed by atoms with Crippen LogP contribution in [-0.4, -0.2) is 71.8 Å². The van der Waals surface area contributed by atoms with Crippen molar-refractivity contribution >= 4 is 5.91 Å². The lowest BCUT2D eigenvalue weighted by molar-refractivity contribution is -0.135. The fourth-order valence-corrected chi connectivity index (χ4v) is 4.54. The molecule has 2 saturated carbocycles. The Morgan fingerprint density at radius 1 is 1.10 bits per heavy atom. The van der Waals surface area contributed by atoms with E-state index in [0.29, 0.717) is 18.9 Å². The second-order valence-electron chi connectivity index (χ2n) is 8.83. The molecule has 1 N–H and O–H groups in total. The van der Waals surface area contributed by atoms with Crippen LogP contribution < -0.4 is 4.74 Å². The molecule has 1 atom stereocenters. The second-order valence-corrected chi connectivity index (χ2v) is 8.83. The normalized spacial score (nSPS) is 29.8. The number of carbonyl (C=O) groups excluding carboxylic acids is 1. The summed E-state index contributed by atoms with van der Waals surface area (Å²) in [5.41, 5.74) is 1.37. The molecule has 1 aromatic carbocycles. The van der Waals surface area contributed by atoms with Crippen molar-refractivity contribution in [2.24, 2.45) is 0 Å². The number of benzene rings is 1. The Bertz CT molecular complexity index is 768. The lowest BCUT2D eigenvalue weighted by Crippen LogP contribution is -2.49. The fraction of sp³-hybridized carbons (Fsp3) is 0.609. The highest BCUT2D eigenvalue weighted by molar-refractivity contribution is 5.94. The van der Waals surface area contributed by atoms with E-state index in [2.05, 4.69) is 17.0 Å². The number of rotatable bonds is 8. The minimum absolute atomic E-state index is 0.00854. The summed E-state index contributed by atoms with van der Waals surface area (Å²) in [5, 5.41) is 9.56. The number of nitrogens with zero attached hydrogens (tertiary/aromatic N) is 2. The van der Waals surface area contributed by atoms with Gasteiger partial charge in [-0.25, -0.2) is 0 Å². The predicted molar refractivity (Wildman–Crippen MR) is 109 cm³/mol. The number of aliphatic hydroxyl groups excluding tert-OH is 1. The fourth-order valence-electron chi connectivity index (χ4n) is 4.54. The molecular weight excluding hydrogens is 368 g/mol. The molecule has 4 aliphatic rings. The highest BCUT2D eigenvalue weighted by Gasteiger charge is 2.40. The van der Waals surface area contributed by atoms with E-state index in [9.17, 15) is 9.90 Å². The Morgan fingerprint density at radius 2 is 1.90 bits per heavy atom. The summed E-state index contributed by atoms with van der Waals surface area (Å²) in [6, 6.07) is 8.41. The SMILES string of the molecule is O=C1C(Oc2ccc(C3CC3)cc2)=CCN1[C@H]1C[C@@H](OCCN2CC[C@@H](O)C2)C1. The van der Waals surface area contributed by atoms with Gasteiger partial charge in [-0.3, -0.25) is 9.69 Å². The van der Waals surface area contributed by atoms with Crippen molar-refractivity contribution in [2.45, 2.75) is 56.3 Å². The van der Waals surface area contributed by atoms with Gasteiger partial charge in [-0.05, 0) is 61.8 Å². The molecule has 0 spiro atoms. The quantitative estimate of drug-likeness (QED) is 0.728. The van der Waals surface area contributed by atoms with Gasteiger partial charge in [0.25, 0.3) is 5.91 Å². The largest absolute Gasteiger partial charge is 0.452 e. The highest BCUT2D eigenvalue weighted by Crippen LogP contribution is 2.40. The number of carbonyl (C=O) groups is 1. The van der Waals surface area contributed by atoms with E-state index in [1.165, 1.54) is 18.4 Å². The monoisotopic (exact) mass is 398 g/mol. The van der Waals surface area contributed by atoms with Crippen LogP contribution in [0.3, 0.4) is 0 Å². The Labute approximate surface area is 172 Å². The Kier molecular flexibility index (Phi) is 5.33. The molecule has 1 saturated heterocycles. The molecule has 2 aliphatic carbocycles. The number of β-amino-alcohol motifs (C(OH)–C–C–N with tert-alkyl or cyclic N) is 1. The van der Waals surface area contributed by atoms with Gasteiger partial charge >= 0.3 is 0 Å². The summed E-state index contributed by atoms with van der Waals surface area (Å²) in [6.45, 7) is 3.91. The average Bonchev–Trinajstić information content (AvgIpc) is 3.37. The lowest BCUT2D eigenvalue weighted by Gasteiger charge is -2.41. The van der Waals surface area contributed by atoms with Crippen molar-refractivity contribution in [2.75, 3.05) is 32.8 Å².